The van der Waals surface area contributed by atoms with Gasteiger partial charge in [0.15, 0.2) is 0 Å². The Morgan fingerprint density at radius 1 is 0.889 bits per heavy atom. The molecule has 2 rings (SSSR count). The van der Waals surface area contributed by atoms with Crippen LogP contribution in [0.2, 0.25) is 0 Å². The van der Waals surface area contributed by atoms with Gasteiger partial charge in [0.05, 0.1) is 0 Å². The van der Waals surface area contributed by atoms with Gasteiger partial charge < -0.3 is 0 Å². The average molecular weight is 327 g/mol. The maximum atomic E-state index is 10.2. The van der Waals surface area contributed by atoms with E-state index < -0.39 is 43.6 Å². The molecule has 2 aliphatic heterocycles. The van der Waals surface area contributed by atoms with Crippen LogP contribution in [0.25, 0.3) is 0 Å². The second kappa shape index (κ2) is 2.00. The average Bonchev–Trinajstić information content (AvgIpc) is 1.58. The Bertz CT molecular complexity index is 156. The minimum absolute atomic E-state index is 2.51. The summed E-state index contributed by atoms with van der Waals surface area (Å²) in [5.41, 5.74) is 0. The van der Waals surface area contributed by atoms with Crippen molar-refractivity contribution in [1.29, 1.82) is 0 Å². The Morgan fingerprint density at radius 3 is 1.44 bits per heavy atom. The van der Waals surface area contributed by atoms with Gasteiger partial charge in [-0.1, -0.05) is 0 Å². The predicted octanol–water partition coefficient (Wildman–Crippen LogP) is -1.65. The number of hydrogen-bond donors (Lipinski definition) is 0. The molecule has 0 unspecified atom stereocenters. The normalized spacial score (nSPS) is 56.4. The van der Waals surface area contributed by atoms with Gasteiger partial charge >= 0.3 is 62.7 Å². The molecular weight excluding hydrogens is 327 g/mol. The first kappa shape index (κ1) is 6.71. The molecule has 9 heavy (non-hydrogen) atoms. The Labute approximate surface area is 62.6 Å². The molecule has 52 valence electrons. The van der Waals surface area contributed by atoms with Crippen LogP contribution in [0.4, 0.5) is 0 Å². The molecule has 0 aromatic rings. The van der Waals surface area contributed by atoms with Gasteiger partial charge in [0.25, 0.3) is 0 Å². The summed E-state index contributed by atoms with van der Waals surface area (Å²) in [6.45, 7) is 0. The summed E-state index contributed by atoms with van der Waals surface area (Å²) in [4.78, 5) is 0. The van der Waals surface area contributed by atoms with E-state index >= 15 is 0 Å². The topological polar surface area (TPSA) is 71.1 Å². The van der Waals surface area contributed by atoms with Gasteiger partial charge in [-0.2, -0.15) is 0 Å². The third kappa shape index (κ3) is 1.01. The van der Waals surface area contributed by atoms with Crippen molar-refractivity contribution in [1.82, 2.24) is 0 Å². The predicted molar refractivity (Wildman–Crippen MR) is 23.0 cm³/mol. The van der Waals surface area contributed by atoms with Crippen molar-refractivity contribution < 1.29 is 19.1 Å². The Kier molecular flexibility index (Phi) is 1.49. The van der Waals surface area contributed by atoms with E-state index in [1.807, 2.05) is 0 Å². The number of rotatable bonds is 0. The molecule has 0 saturated carbocycles. The molecule has 6 nitrogen and oxygen atoms in total. The van der Waals surface area contributed by atoms with Crippen LogP contribution in [0.15, 0.2) is 0 Å². The first-order chi connectivity index (χ1) is 4.20. The molecule has 1 spiro atoms. The van der Waals surface area contributed by atoms with E-state index in [1.165, 1.54) is 0 Å². The SMILES string of the molecule is O=[Se]1[O][Ge]2([O]1)[O][Se](=O)[O]2. The van der Waals surface area contributed by atoms with Crippen LogP contribution in [-0.2, 0) is 19.1 Å². The van der Waals surface area contributed by atoms with Gasteiger partial charge in [-0.05, 0) is 0 Å². The van der Waals surface area contributed by atoms with E-state index in [0.29, 0.717) is 0 Å². The van der Waals surface area contributed by atoms with Crippen molar-refractivity contribution in [3.8, 4) is 0 Å². The van der Waals surface area contributed by atoms with Gasteiger partial charge in [-0.25, -0.2) is 0 Å². The summed E-state index contributed by atoms with van der Waals surface area (Å²) >= 11 is -8.41. The Hall–Kier alpha value is 1.02. The second-order valence-corrected chi connectivity index (χ2v) is 13.7. The quantitative estimate of drug-likeness (QED) is 0.497. The molecule has 2 saturated heterocycles. The van der Waals surface area contributed by atoms with Crippen LogP contribution < -0.4 is 0 Å². The van der Waals surface area contributed by atoms with Gasteiger partial charge in [0, 0.05) is 0 Å². The van der Waals surface area contributed by atoms with E-state index in [-0.39, 0.29) is 0 Å². The second-order valence-electron chi connectivity index (χ2n) is 1.24. The van der Waals surface area contributed by atoms with E-state index in [0.717, 1.165) is 0 Å². The molecule has 2 aliphatic rings. The van der Waals surface area contributed by atoms with E-state index in [9.17, 15) is 7.67 Å². The van der Waals surface area contributed by atoms with Gasteiger partial charge in [-0.15, -0.1) is 0 Å². The molecule has 0 amide bonds. The molecule has 2 heterocycles. The zero-order valence-corrected chi connectivity index (χ0v) is 9.29. The van der Waals surface area contributed by atoms with Crippen LogP contribution in [0.1, 0.15) is 0 Å². The summed E-state index contributed by atoms with van der Waals surface area (Å²) < 4.78 is 38.6. The minimum atomic E-state index is -3.39. The molecule has 9 heteroatoms. The molecule has 0 aromatic heterocycles. The van der Waals surface area contributed by atoms with Crippen molar-refractivity contribution in [2.45, 2.75) is 0 Å². The fourth-order valence-corrected chi connectivity index (χ4v) is 17.1. The number of hydrogen-bond acceptors (Lipinski definition) is 6. The van der Waals surface area contributed by atoms with Gasteiger partial charge in [-0.3, -0.25) is 0 Å². The van der Waals surface area contributed by atoms with Crippen molar-refractivity contribution in [2.24, 2.45) is 0 Å². The van der Waals surface area contributed by atoms with E-state index in [2.05, 4.69) is 11.4 Å². The van der Waals surface area contributed by atoms with Crippen LogP contribution in [0.3, 0.4) is 0 Å². The van der Waals surface area contributed by atoms with Crippen LogP contribution in [0, 0.1) is 0 Å². The summed E-state index contributed by atoms with van der Waals surface area (Å²) in [5.74, 6) is 0. The summed E-state index contributed by atoms with van der Waals surface area (Å²) in [7, 11) is 0. The molecule has 0 aromatic carbocycles. The summed E-state index contributed by atoms with van der Waals surface area (Å²) in [6.07, 6.45) is 0. The van der Waals surface area contributed by atoms with Crippen molar-refractivity contribution in [3.63, 3.8) is 0 Å². The van der Waals surface area contributed by atoms with Crippen molar-refractivity contribution in [3.05, 3.63) is 0 Å². The zero-order chi connectivity index (χ0) is 6.48. The molecule has 0 N–H and O–H groups in total. The van der Waals surface area contributed by atoms with Crippen molar-refractivity contribution >= 4 is 43.6 Å². The van der Waals surface area contributed by atoms with Crippen LogP contribution >= 0.6 is 0 Å². The van der Waals surface area contributed by atoms with E-state index in [4.69, 9.17) is 0 Å². The molecule has 0 atom stereocenters. The standard InChI is InChI=1S/GeO6Se2/c2-8-4-1(5-8)6-9(3)7-1. The Morgan fingerprint density at radius 2 is 1.22 bits per heavy atom. The molecule has 0 aliphatic carbocycles. The third-order valence-electron chi connectivity index (χ3n) is 0.680. The molecule has 2 fully saturated rings. The summed E-state index contributed by atoms with van der Waals surface area (Å²) in [5, 5.41) is 0. The van der Waals surface area contributed by atoms with Crippen LogP contribution in [0.5, 0.6) is 0 Å². The van der Waals surface area contributed by atoms with Crippen molar-refractivity contribution in [2.75, 3.05) is 0 Å². The monoisotopic (exact) mass is 330 g/mol. The Balaban J connectivity index is 2.01. The van der Waals surface area contributed by atoms with Gasteiger partial charge in [0.2, 0.25) is 0 Å². The first-order valence-corrected chi connectivity index (χ1v) is 9.44. The van der Waals surface area contributed by atoms with Gasteiger partial charge in [0.1, 0.15) is 0 Å². The third-order valence-corrected chi connectivity index (χ3v) is 18.4. The zero-order valence-electron chi connectivity index (χ0n) is 3.77. The maximum absolute atomic E-state index is 10.2. The first-order valence-electron chi connectivity index (χ1n) is 1.82. The fourth-order valence-electron chi connectivity index (χ4n) is 0.401. The molecule has 0 radical (unpaired) electrons. The fraction of sp³-hybridized carbons (Fsp3) is 0. The van der Waals surface area contributed by atoms with Crippen LogP contribution in [-0.4, -0.2) is 43.6 Å². The summed E-state index contributed by atoms with van der Waals surface area (Å²) in [6, 6.07) is 0. The van der Waals surface area contributed by atoms with E-state index in [1.54, 1.807) is 0 Å². The molecular formula is GeO6Se2. The molecule has 0 bridgehead atoms.